The number of amides is 2. The van der Waals surface area contributed by atoms with Crippen LogP contribution in [-0.4, -0.2) is 103 Å². The average Bonchev–Trinajstić information content (AvgIpc) is 3.06. The molecule has 1 fully saturated rings. The largest absolute Gasteiger partial charge is 0.490 e. The summed E-state index contributed by atoms with van der Waals surface area (Å²) in [4.78, 5) is 51.9. The summed E-state index contributed by atoms with van der Waals surface area (Å²) >= 11 is 12.3. The molecule has 0 radical (unpaired) electrons. The van der Waals surface area contributed by atoms with E-state index in [1.807, 2.05) is 24.3 Å². The van der Waals surface area contributed by atoms with E-state index in [0.717, 1.165) is 29.8 Å². The molecule has 2 aliphatic rings. The molecule has 1 saturated heterocycles. The number of alkyl halides is 3. The maximum absolute atomic E-state index is 13.7. The molecule has 16 heteroatoms. The van der Waals surface area contributed by atoms with Gasteiger partial charge in [0, 0.05) is 32.7 Å². The normalized spacial score (nSPS) is 15.4. The number of carbonyl (C=O) groups excluding carboxylic acids is 2. The lowest BCUT2D eigenvalue weighted by Gasteiger charge is -2.37. The van der Waals surface area contributed by atoms with Crippen LogP contribution < -0.4 is 9.64 Å². The van der Waals surface area contributed by atoms with Crippen molar-refractivity contribution in [1.82, 2.24) is 9.80 Å². The Labute approximate surface area is 282 Å². The number of morpholine rings is 1. The molecule has 0 saturated carbocycles. The maximum Gasteiger partial charge on any atom is 0.490 e. The molecule has 2 N–H and O–H groups in total. The van der Waals surface area contributed by atoms with Crippen molar-refractivity contribution in [1.29, 1.82) is 0 Å². The van der Waals surface area contributed by atoms with Gasteiger partial charge in [-0.3, -0.25) is 19.4 Å². The van der Waals surface area contributed by atoms with Crippen LogP contribution in [0.2, 0.25) is 10.0 Å². The molecule has 2 amide bonds. The number of ether oxygens (including phenoxy) is 2. The Morgan fingerprint density at radius 1 is 0.938 bits per heavy atom. The van der Waals surface area contributed by atoms with Crippen molar-refractivity contribution in [3.05, 3.63) is 81.8 Å². The van der Waals surface area contributed by atoms with Crippen LogP contribution in [0.3, 0.4) is 0 Å². The fourth-order valence-electron chi connectivity index (χ4n) is 4.97. The molecule has 2 aliphatic heterocycles. The standard InChI is InChI=1S/C30H29Cl2N3O6.C2HF3O2/c1-33(28(36)17-35-25-14-23(31)24(32)15-27(25)41-18-29(35)37)26(16-34-10-12-40-13-11-34)21-6-2-19(3-7-21)20-4-8-22(9-5-20)30(38)39;3-2(4,5)1(6)7/h2-9,14-15,26H,10-13,16-18H2,1H3,(H,38,39);(H,6,7)/t26-;/m0./s1. The Hall–Kier alpha value is -4.37. The fraction of sp³-hybridized carbons (Fsp3) is 0.312. The maximum atomic E-state index is 13.7. The van der Waals surface area contributed by atoms with Crippen LogP contribution in [0.5, 0.6) is 5.75 Å². The van der Waals surface area contributed by atoms with Crippen LogP contribution in [-0.2, 0) is 19.1 Å². The monoisotopic (exact) mass is 711 g/mol. The highest BCUT2D eigenvalue weighted by Gasteiger charge is 2.38. The minimum atomic E-state index is -5.08. The van der Waals surface area contributed by atoms with E-state index in [0.29, 0.717) is 36.2 Å². The van der Waals surface area contributed by atoms with E-state index in [2.05, 4.69) is 4.90 Å². The van der Waals surface area contributed by atoms with Crippen molar-refractivity contribution >= 4 is 52.6 Å². The second-order valence-corrected chi connectivity index (χ2v) is 11.6. The number of nitrogens with zero attached hydrogens (tertiary/aromatic N) is 3. The van der Waals surface area contributed by atoms with Crippen molar-refractivity contribution in [2.45, 2.75) is 12.2 Å². The summed E-state index contributed by atoms with van der Waals surface area (Å²) in [5.74, 6) is -3.93. The Bertz CT molecular complexity index is 1650. The fourth-order valence-corrected chi connectivity index (χ4v) is 5.28. The van der Waals surface area contributed by atoms with Crippen LogP contribution in [0, 0.1) is 0 Å². The summed E-state index contributed by atoms with van der Waals surface area (Å²) in [5, 5.41) is 16.9. The molecule has 256 valence electrons. The zero-order valence-corrected chi connectivity index (χ0v) is 26.9. The first-order chi connectivity index (χ1) is 22.6. The van der Waals surface area contributed by atoms with Crippen molar-refractivity contribution in [2.24, 2.45) is 0 Å². The minimum Gasteiger partial charge on any atom is -0.482 e. The number of hydrogen-bond donors (Lipinski definition) is 2. The lowest BCUT2D eigenvalue weighted by Crippen LogP contribution is -2.48. The Kier molecular flexibility index (Phi) is 11.9. The number of likely N-dealkylation sites (N-methyl/N-ethyl adjacent to an activating group) is 1. The number of halogens is 5. The third-order valence-corrected chi connectivity index (χ3v) is 8.36. The number of fused-ring (bicyclic) bond motifs is 1. The van der Waals surface area contributed by atoms with Crippen molar-refractivity contribution in [3.8, 4) is 16.9 Å². The van der Waals surface area contributed by atoms with E-state index < -0.39 is 18.1 Å². The third-order valence-electron chi connectivity index (χ3n) is 7.64. The summed E-state index contributed by atoms with van der Waals surface area (Å²) in [6, 6.07) is 17.4. The van der Waals surface area contributed by atoms with Crippen LogP contribution >= 0.6 is 23.2 Å². The number of aliphatic carboxylic acids is 1. The first kappa shape index (κ1) is 36.5. The van der Waals surface area contributed by atoms with E-state index in [-0.39, 0.29) is 41.6 Å². The Balaban J connectivity index is 0.000000671. The van der Waals surface area contributed by atoms with Gasteiger partial charge in [0.2, 0.25) is 5.91 Å². The minimum absolute atomic E-state index is 0.183. The van der Waals surface area contributed by atoms with E-state index in [1.54, 1.807) is 42.3 Å². The first-order valence-electron chi connectivity index (χ1n) is 14.4. The molecular formula is C32H30Cl2F3N3O8. The summed E-state index contributed by atoms with van der Waals surface area (Å²) in [7, 11) is 1.74. The molecule has 0 aliphatic carbocycles. The number of hydrogen-bond acceptors (Lipinski definition) is 7. The van der Waals surface area contributed by atoms with E-state index in [4.69, 9.17) is 42.6 Å². The van der Waals surface area contributed by atoms with Crippen molar-refractivity contribution in [3.63, 3.8) is 0 Å². The van der Waals surface area contributed by atoms with Gasteiger partial charge in [-0.1, -0.05) is 59.6 Å². The number of carboxylic acid groups (broad SMARTS) is 2. The topological polar surface area (TPSA) is 137 Å². The molecule has 0 spiro atoms. The second-order valence-electron chi connectivity index (χ2n) is 10.7. The van der Waals surface area contributed by atoms with Crippen molar-refractivity contribution in [2.75, 3.05) is 57.9 Å². The highest BCUT2D eigenvalue weighted by molar-refractivity contribution is 6.42. The SMILES string of the molecule is CN(C(=O)CN1C(=O)COc2cc(Cl)c(Cl)cc21)[C@@H](CN1CCOCC1)c1ccc(-c2ccc(C(=O)O)cc2)cc1.O=C(O)C(F)(F)F. The molecule has 2 heterocycles. The summed E-state index contributed by atoms with van der Waals surface area (Å²) in [6.45, 7) is 2.96. The van der Waals surface area contributed by atoms with Gasteiger partial charge in [-0.15, -0.1) is 0 Å². The summed E-state index contributed by atoms with van der Waals surface area (Å²) in [5.41, 5.74) is 3.37. The lowest BCUT2D eigenvalue weighted by atomic mass is 9.98. The molecule has 48 heavy (non-hydrogen) atoms. The number of anilines is 1. The van der Waals surface area contributed by atoms with Gasteiger partial charge >= 0.3 is 18.1 Å². The van der Waals surface area contributed by atoms with Gasteiger partial charge in [0.15, 0.2) is 6.61 Å². The predicted molar refractivity (Wildman–Crippen MR) is 170 cm³/mol. The van der Waals surface area contributed by atoms with Gasteiger partial charge < -0.3 is 24.6 Å². The van der Waals surface area contributed by atoms with E-state index >= 15 is 0 Å². The second kappa shape index (κ2) is 15.7. The Morgan fingerprint density at radius 2 is 1.48 bits per heavy atom. The molecule has 0 bridgehead atoms. The summed E-state index contributed by atoms with van der Waals surface area (Å²) < 4.78 is 42.8. The molecule has 3 aromatic rings. The molecule has 11 nitrogen and oxygen atoms in total. The van der Waals surface area contributed by atoms with Crippen LogP contribution in [0.25, 0.3) is 11.1 Å². The lowest BCUT2D eigenvalue weighted by molar-refractivity contribution is -0.192. The zero-order chi connectivity index (χ0) is 35.2. The zero-order valence-electron chi connectivity index (χ0n) is 25.4. The van der Waals surface area contributed by atoms with Crippen LogP contribution in [0.1, 0.15) is 22.0 Å². The highest BCUT2D eigenvalue weighted by atomic mass is 35.5. The van der Waals surface area contributed by atoms with Gasteiger partial charge in [0.25, 0.3) is 5.91 Å². The van der Waals surface area contributed by atoms with Gasteiger partial charge in [-0.25, -0.2) is 9.59 Å². The first-order valence-corrected chi connectivity index (χ1v) is 15.1. The van der Waals surface area contributed by atoms with Gasteiger partial charge in [0.05, 0.1) is 40.6 Å². The van der Waals surface area contributed by atoms with Crippen LogP contribution in [0.15, 0.2) is 60.7 Å². The summed E-state index contributed by atoms with van der Waals surface area (Å²) in [6.07, 6.45) is -5.08. The Morgan fingerprint density at radius 3 is 2.02 bits per heavy atom. The third kappa shape index (κ3) is 9.16. The van der Waals surface area contributed by atoms with E-state index in [1.165, 1.54) is 11.0 Å². The molecule has 5 rings (SSSR count). The number of aromatic carboxylic acids is 1. The molecule has 1 atom stereocenters. The van der Waals surface area contributed by atoms with Gasteiger partial charge in [-0.2, -0.15) is 13.2 Å². The highest BCUT2D eigenvalue weighted by Crippen LogP contribution is 2.39. The van der Waals surface area contributed by atoms with Crippen molar-refractivity contribution < 1.29 is 52.0 Å². The molecule has 0 unspecified atom stereocenters. The number of carboxylic acids is 2. The average molecular weight is 713 g/mol. The number of carbonyl (C=O) groups is 4. The number of benzene rings is 3. The number of rotatable bonds is 8. The van der Waals surface area contributed by atoms with Gasteiger partial charge in [-0.05, 0) is 34.9 Å². The molecule has 0 aromatic heterocycles. The smallest absolute Gasteiger partial charge is 0.482 e. The quantitative estimate of drug-likeness (QED) is 0.321. The van der Waals surface area contributed by atoms with Crippen LogP contribution in [0.4, 0.5) is 18.9 Å². The molecular weight excluding hydrogens is 682 g/mol. The molecule has 3 aromatic carbocycles. The predicted octanol–water partition coefficient (Wildman–Crippen LogP) is 5.25. The van der Waals surface area contributed by atoms with Gasteiger partial charge in [0.1, 0.15) is 12.3 Å². The van der Waals surface area contributed by atoms with E-state index in [9.17, 15) is 32.7 Å².